The molecule has 0 aliphatic rings. The molecule has 2 unspecified atom stereocenters. The van der Waals surface area contributed by atoms with Crippen LogP contribution in [0.25, 0.3) is 0 Å². The number of aliphatic hydroxyl groups is 2. The molecule has 0 bridgehead atoms. The van der Waals surface area contributed by atoms with Crippen molar-refractivity contribution in [1.29, 1.82) is 0 Å². The summed E-state index contributed by atoms with van der Waals surface area (Å²) in [6.07, 6.45) is 95.5. The zero-order chi connectivity index (χ0) is 60.6. The van der Waals surface area contributed by atoms with Crippen molar-refractivity contribution in [3.63, 3.8) is 0 Å². The topological polar surface area (TPSA) is 95.9 Å². The number of carbonyl (C=O) groups excluding carboxylic acids is 2. The van der Waals surface area contributed by atoms with Gasteiger partial charge in [0.2, 0.25) is 5.91 Å². The molecule has 0 aromatic heterocycles. The Hall–Kier alpha value is -1.92. The second kappa shape index (κ2) is 73.5. The number of nitrogens with one attached hydrogen (secondary N) is 1. The lowest BCUT2D eigenvalue weighted by Crippen LogP contribution is -2.45. The lowest BCUT2D eigenvalue weighted by Gasteiger charge is -2.20. The van der Waals surface area contributed by atoms with Crippen LogP contribution in [0.15, 0.2) is 36.5 Å². The predicted molar refractivity (Wildman–Crippen MR) is 370 cm³/mol. The van der Waals surface area contributed by atoms with Crippen molar-refractivity contribution in [2.45, 2.75) is 437 Å². The van der Waals surface area contributed by atoms with E-state index in [0.29, 0.717) is 19.4 Å². The van der Waals surface area contributed by atoms with E-state index in [1.165, 1.54) is 353 Å². The van der Waals surface area contributed by atoms with Gasteiger partial charge in [0.05, 0.1) is 25.4 Å². The summed E-state index contributed by atoms with van der Waals surface area (Å²) in [6, 6.07) is -0.625. The summed E-state index contributed by atoms with van der Waals surface area (Å²) in [7, 11) is 0. The second-order valence-corrected chi connectivity index (χ2v) is 26.3. The van der Waals surface area contributed by atoms with E-state index in [-0.39, 0.29) is 18.5 Å². The van der Waals surface area contributed by atoms with Crippen molar-refractivity contribution >= 4 is 11.9 Å². The predicted octanol–water partition coefficient (Wildman–Crippen LogP) is 25.0. The highest BCUT2D eigenvalue weighted by atomic mass is 16.5. The Morgan fingerprint density at radius 3 is 0.905 bits per heavy atom. The first-order chi connectivity index (χ1) is 41.5. The van der Waals surface area contributed by atoms with Gasteiger partial charge in [-0.25, -0.2) is 0 Å². The summed E-state index contributed by atoms with van der Waals surface area (Å²) in [5, 5.41) is 23.2. The highest BCUT2D eigenvalue weighted by molar-refractivity contribution is 5.76. The Balaban J connectivity index is 3.36. The first kappa shape index (κ1) is 82.1. The molecule has 0 aromatic rings. The Bertz CT molecular complexity index is 1360. The van der Waals surface area contributed by atoms with Crippen molar-refractivity contribution < 1.29 is 24.5 Å². The van der Waals surface area contributed by atoms with Gasteiger partial charge in [-0.2, -0.15) is 0 Å². The van der Waals surface area contributed by atoms with Gasteiger partial charge in [-0.15, -0.1) is 0 Å². The lowest BCUT2D eigenvalue weighted by molar-refractivity contribution is -0.143. The summed E-state index contributed by atoms with van der Waals surface area (Å²) in [6.45, 7) is 4.94. The minimum atomic E-state index is -0.842. The number of hydrogen-bond acceptors (Lipinski definition) is 5. The van der Waals surface area contributed by atoms with Crippen LogP contribution in [0.5, 0.6) is 0 Å². The van der Waals surface area contributed by atoms with E-state index in [1.54, 1.807) is 6.08 Å². The molecule has 3 N–H and O–H groups in total. The fraction of sp³-hybridized carbons (Fsp3) is 0.897. The molecule has 0 saturated heterocycles. The molecule has 496 valence electrons. The highest BCUT2D eigenvalue weighted by Gasteiger charge is 2.18. The molecule has 0 aromatic carbocycles. The van der Waals surface area contributed by atoms with Crippen LogP contribution in [0.3, 0.4) is 0 Å². The number of unbranched alkanes of at least 4 members (excludes halogenated alkanes) is 57. The third-order valence-corrected chi connectivity index (χ3v) is 17.9. The summed E-state index contributed by atoms with van der Waals surface area (Å²) in [5.74, 6) is -0.0402. The van der Waals surface area contributed by atoms with Crippen LogP contribution in [0.1, 0.15) is 425 Å². The molecule has 0 saturated carbocycles. The number of ether oxygens (including phenoxy) is 1. The van der Waals surface area contributed by atoms with E-state index >= 15 is 0 Å². The van der Waals surface area contributed by atoms with E-state index in [2.05, 4.69) is 43.5 Å². The van der Waals surface area contributed by atoms with E-state index in [1.807, 2.05) is 6.08 Å². The zero-order valence-corrected chi connectivity index (χ0v) is 56.9. The number of esters is 1. The largest absolute Gasteiger partial charge is 0.466 e. The first-order valence-corrected chi connectivity index (χ1v) is 38.3. The summed E-state index contributed by atoms with van der Waals surface area (Å²) < 4.78 is 5.49. The smallest absolute Gasteiger partial charge is 0.305 e. The van der Waals surface area contributed by atoms with Gasteiger partial charge in [0, 0.05) is 12.8 Å². The third kappa shape index (κ3) is 69.2. The van der Waals surface area contributed by atoms with Gasteiger partial charge in [-0.1, -0.05) is 384 Å². The van der Waals surface area contributed by atoms with Gasteiger partial charge >= 0.3 is 5.97 Å². The van der Waals surface area contributed by atoms with Crippen LogP contribution in [0.2, 0.25) is 0 Å². The number of aliphatic hydroxyl groups excluding tert-OH is 2. The van der Waals surface area contributed by atoms with Crippen molar-refractivity contribution in [3.05, 3.63) is 36.5 Å². The summed E-state index contributed by atoms with van der Waals surface area (Å²) in [4.78, 5) is 24.5. The monoisotopic (exact) mass is 1180 g/mol. The summed E-state index contributed by atoms with van der Waals surface area (Å²) >= 11 is 0. The Kier molecular flexibility index (Phi) is 71.9. The van der Waals surface area contributed by atoms with Crippen molar-refractivity contribution in [3.8, 4) is 0 Å². The summed E-state index contributed by atoms with van der Waals surface area (Å²) in [5.41, 5.74) is 0. The van der Waals surface area contributed by atoms with Gasteiger partial charge in [0.25, 0.3) is 0 Å². The highest BCUT2D eigenvalue weighted by Crippen LogP contribution is 2.19. The molecule has 6 heteroatoms. The molecular formula is C78H149NO5. The van der Waals surface area contributed by atoms with Gasteiger partial charge in [-0.05, 0) is 64.2 Å². The molecule has 0 fully saturated rings. The van der Waals surface area contributed by atoms with Crippen LogP contribution in [0.4, 0.5) is 0 Å². The molecule has 0 radical (unpaired) electrons. The molecule has 0 aliphatic carbocycles. The van der Waals surface area contributed by atoms with E-state index in [0.717, 1.165) is 44.9 Å². The SMILES string of the molecule is CCCCCCCCCCCCCCC/C=C/C(O)C(CO)NC(=O)CCCCCCCCCCCCCCCCCCC/C=C\C/C=C\CCCCCCCCCCCCCCCCCOC(=O)CCCCCCCCCCCCCCC. The quantitative estimate of drug-likeness (QED) is 0.0320. The average molecular weight is 1180 g/mol. The lowest BCUT2D eigenvalue weighted by atomic mass is 10.0. The molecule has 2 atom stereocenters. The normalized spacial score (nSPS) is 12.7. The fourth-order valence-corrected chi connectivity index (χ4v) is 12.1. The van der Waals surface area contributed by atoms with Crippen molar-refractivity contribution in [1.82, 2.24) is 5.32 Å². The second-order valence-electron chi connectivity index (χ2n) is 26.3. The number of rotatable bonds is 72. The molecule has 84 heavy (non-hydrogen) atoms. The van der Waals surface area contributed by atoms with Crippen LogP contribution >= 0.6 is 0 Å². The molecule has 1 amide bonds. The van der Waals surface area contributed by atoms with Crippen molar-refractivity contribution in [2.24, 2.45) is 0 Å². The average Bonchev–Trinajstić information content (AvgIpc) is 3.51. The molecule has 0 aliphatic heterocycles. The van der Waals surface area contributed by atoms with E-state index < -0.39 is 12.1 Å². The maximum Gasteiger partial charge on any atom is 0.305 e. The molecular weight excluding hydrogens is 1030 g/mol. The third-order valence-electron chi connectivity index (χ3n) is 17.9. The van der Waals surface area contributed by atoms with Crippen LogP contribution < -0.4 is 5.32 Å². The Morgan fingerprint density at radius 1 is 0.333 bits per heavy atom. The number of hydrogen-bond donors (Lipinski definition) is 3. The number of allylic oxidation sites excluding steroid dienone is 5. The van der Waals surface area contributed by atoms with E-state index in [9.17, 15) is 19.8 Å². The molecule has 0 heterocycles. The number of carbonyl (C=O) groups is 2. The molecule has 0 spiro atoms. The minimum Gasteiger partial charge on any atom is -0.466 e. The van der Waals surface area contributed by atoms with Crippen LogP contribution in [-0.2, 0) is 14.3 Å². The van der Waals surface area contributed by atoms with Gasteiger partial charge in [0.1, 0.15) is 0 Å². The molecule has 6 nitrogen and oxygen atoms in total. The van der Waals surface area contributed by atoms with Gasteiger partial charge < -0.3 is 20.3 Å². The van der Waals surface area contributed by atoms with Gasteiger partial charge in [0.15, 0.2) is 0 Å². The standard InChI is InChI=1S/C78H149NO5/c1-3-5-7-9-11-13-15-17-43-47-50-54-58-62-66-70-76(81)75(74-80)79-77(82)71-67-63-59-55-51-48-44-41-39-37-35-33-31-29-27-25-23-21-19-18-20-22-24-26-28-30-32-34-36-38-40-42-45-49-53-57-61-65-69-73-84-78(83)72-68-64-60-56-52-46-16-14-12-10-8-6-4-2/h18-19,22,24,66,70,75-76,80-81H,3-17,20-21,23,25-65,67-69,71-74H2,1-2H3,(H,79,82)/b19-18-,24-22-,70-66+. The number of amides is 1. The Morgan fingerprint density at radius 2 is 0.595 bits per heavy atom. The van der Waals surface area contributed by atoms with Crippen LogP contribution in [0, 0.1) is 0 Å². The van der Waals surface area contributed by atoms with Crippen molar-refractivity contribution in [2.75, 3.05) is 13.2 Å². The minimum absolute atomic E-state index is 0.0222. The molecule has 0 rings (SSSR count). The fourth-order valence-electron chi connectivity index (χ4n) is 12.1. The Labute approximate surface area is 525 Å². The van der Waals surface area contributed by atoms with Gasteiger partial charge in [-0.3, -0.25) is 9.59 Å². The van der Waals surface area contributed by atoms with Crippen LogP contribution in [-0.4, -0.2) is 47.4 Å². The maximum absolute atomic E-state index is 12.5. The zero-order valence-electron chi connectivity index (χ0n) is 56.9. The first-order valence-electron chi connectivity index (χ1n) is 38.3. The maximum atomic E-state index is 12.5. The van der Waals surface area contributed by atoms with E-state index in [4.69, 9.17) is 4.74 Å².